The van der Waals surface area contributed by atoms with Crippen molar-refractivity contribution in [2.45, 2.75) is 6.92 Å². The van der Waals surface area contributed by atoms with Crippen LogP contribution in [-0.4, -0.2) is 22.3 Å². The number of hydrogen-bond acceptors (Lipinski definition) is 4. The fourth-order valence-electron chi connectivity index (χ4n) is 2.84. The second-order valence-electron chi connectivity index (χ2n) is 6.35. The minimum atomic E-state index is 0.488. The number of carbonyl (C=O) groups excluding carboxylic acids is 1. The average Bonchev–Trinajstić information content (AvgIpc) is 3.25. The minimum absolute atomic E-state index is 0.488. The van der Waals surface area contributed by atoms with Crippen molar-refractivity contribution in [3.63, 3.8) is 0 Å². The maximum Gasteiger partial charge on any atom is 0.195 e. The summed E-state index contributed by atoms with van der Waals surface area (Å²) in [4.78, 5) is 18.4. The Morgan fingerprint density at radius 3 is 2.56 bits per heavy atom. The van der Waals surface area contributed by atoms with E-state index in [9.17, 15) is 4.79 Å². The molecule has 0 fully saturated rings. The molecule has 134 valence electrons. The van der Waals surface area contributed by atoms with Crippen molar-refractivity contribution < 1.29 is 9.53 Å². The van der Waals surface area contributed by atoms with Gasteiger partial charge in [0, 0.05) is 11.8 Å². The normalized spacial score (nSPS) is 10.9. The van der Waals surface area contributed by atoms with Crippen molar-refractivity contribution in [3.05, 3.63) is 78.6 Å². The van der Waals surface area contributed by atoms with Gasteiger partial charge in [-0.2, -0.15) is 0 Å². The lowest BCUT2D eigenvalue weighted by atomic mass is 10.1. The van der Waals surface area contributed by atoms with Crippen LogP contribution in [0.5, 0.6) is 5.75 Å². The van der Waals surface area contributed by atoms with Gasteiger partial charge >= 0.3 is 0 Å². The number of ether oxygens (including phenoxy) is 1. The molecule has 0 aliphatic carbocycles. The number of fused-ring (bicyclic) bond motifs is 1. The molecular weight excluding hydrogens is 356 g/mol. The van der Waals surface area contributed by atoms with Gasteiger partial charge in [-0.05, 0) is 42.3 Å². The summed E-state index contributed by atoms with van der Waals surface area (Å²) >= 11 is 1.57. The third-order valence-electron chi connectivity index (χ3n) is 4.15. The summed E-state index contributed by atoms with van der Waals surface area (Å²) in [5.41, 5.74) is 4.20. The van der Waals surface area contributed by atoms with Crippen molar-refractivity contribution in [1.82, 2.24) is 9.38 Å². The Kier molecular flexibility index (Phi) is 4.60. The van der Waals surface area contributed by atoms with Crippen molar-refractivity contribution >= 4 is 22.6 Å². The Labute approximate surface area is 161 Å². The van der Waals surface area contributed by atoms with Gasteiger partial charge in [-0.15, -0.1) is 0 Å². The number of nitrogens with zero attached hydrogens (tertiary/aromatic N) is 2. The molecule has 0 saturated carbocycles. The summed E-state index contributed by atoms with van der Waals surface area (Å²) in [6, 6.07) is 17.7. The number of imidazole rings is 1. The van der Waals surface area contributed by atoms with Crippen molar-refractivity contribution in [2.75, 3.05) is 6.61 Å². The highest BCUT2D eigenvalue weighted by Gasteiger charge is 2.16. The van der Waals surface area contributed by atoms with Gasteiger partial charge in [-0.3, -0.25) is 9.20 Å². The molecule has 5 heteroatoms. The maximum absolute atomic E-state index is 11.8. The molecule has 0 amide bonds. The topological polar surface area (TPSA) is 43.6 Å². The highest BCUT2D eigenvalue weighted by atomic mass is 32.1. The van der Waals surface area contributed by atoms with Gasteiger partial charge in [0.2, 0.25) is 0 Å². The Morgan fingerprint density at radius 2 is 1.89 bits per heavy atom. The van der Waals surface area contributed by atoms with Crippen LogP contribution >= 0.6 is 11.3 Å². The van der Waals surface area contributed by atoms with Crippen LogP contribution in [0.4, 0.5) is 0 Å². The molecule has 2 heterocycles. The molecule has 0 unspecified atom stereocenters. The van der Waals surface area contributed by atoms with E-state index in [4.69, 9.17) is 9.72 Å². The smallest absolute Gasteiger partial charge is 0.195 e. The molecule has 4 rings (SSSR count). The molecule has 2 aromatic heterocycles. The van der Waals surface area contributed by atoms with Gasteiger partial charge in [0.25, 0.3) is 0 Å². The van der Waals surface area contributed by atoms with Gasteiger partial charge in [0.05, 0.1) is 4.88 Å². The highest BCUT2D eigenvalue weighted by Crippen LogP contribution is 2.33. The van der Waals surface area contributed by atoms with Crippen LogP contribution in [0.1, 0.15) is 17.4 Å². The fourth-order valence-corrected chi connectivity index (χ4v) is 3.83. The quantitative estimate of drug-likeness (QED) is 0.331. The summed E-state index contributed by atoms with van der Waals surface area (Å²) in [5.74, 6) is 0.766. The van der Waals surface area contributed by atoms with Crippen LogP contribution in [0.3, 0.4) is 0 Å². The van der Waals surface area contributed by atoms with Crippen molar-refractivity contribution in [3.8, 4) is 27.4 Å². The molecule has 0 radical (unpaired) electrons. The predicted molar refractivity (Wildman–Crippen MR) is 110 cm³/mol. The standard InChI is InChI=1S/C22H18N2O2S/c1-15(2)14-26-18-10-8-17(9-11-18)21-19(13-25)24-12-20(27-22(24)23-21)16-6-4-3-5-7-16/h3-13H,1,14H2,2H3. The van der Waals surface area contributed by atoms with Crippen LogP contribution in [0.2, 0.25) is 0 Å². The lowest BCUT2D eigenvalue weighted by Crippen LogP contribution is -1.97. The molecule has 27 heavy (non-hydrogen) atoms. The Balaban J connectivity index is 1.69. The Morgan fingerprint density at radius 1 is 1.15 bits per heavy atom. The van der Waals surface area contributed by atoms with E-state index < -0.39 is 0 Å². The first-order valence-corrected chi connectivity index (χ1v) is 9.37. The molecule has 0 bridgehead atoms. The van der Waals surface area contributed by atoms with E-state index in [-0.39, 0.29) is 0 Å². The van der Waals surface area contributed by atoms with Gasteiger partial charge in [-0.1, -0.05) is 48.2 Å². The first-order valence-electron chi connectivity index (χ1n) is 8.56. The van der Waals surface area contributed by atoms with E-state index in [0.717, 1.165) is 38.6 Å². The first-order chi connectivity index (χ1) is 13.2. The monoisotopic (exact) mass is 374 g/mol. The third-order valence-corrected chi connectivity index (χ3v) is 5.18. The van der Waals surface area contributed by atoms with Gasteiger partial charge in [0.1, 0.15) is 23.7 Å². The first kappa shape index (κ1) is 17.2. The molecule has 0 N–H and O–H groups in total. The number of aromatic nitrogens is 2. The zero-order valence-corrected chi connectivity index (χ0v) is 15.7. The van der Waals surface area contributed by atoms with Crippen LogP contribution in [-0.2, 0) is 0 Å². The lowest BCUT2D eigenvalue weighted by Gasteiger charge is -2.06. The second kappa shape index (κ2) is 7.21. The number of hydrogen-bond donors (Lipinski definition) is 0. The van der Waals surface area contributed by atoms with Gasteiger partial charge in [-0.25, -0.2) is 4.98 Å². The molecule has 4 aromatic rings. The summed E-state index contributed by atoms with van der Waals surface area (Å²) in [6.45, 7) is 6.24. The molecule has 0 saturated heterocycles. The van der Waals surface area contributed by atoms with E-state index in [2.05, 4.69) is 18.7 Å². The number of benzene rings is 2. The number of aldehydes is 1. The summed E-state index contributed by atoms with van der Waals surface area (Å²) in [7, 11) is 0. The highest BCUT2D eigenvalue weighted by molar-refractivity contribution is 7.20. The maximum atomic E-state index is 11.8. The largest absolute Gasteiger partial charge is 0.489 e. The van der Waals surface area contributed by atoms with E-state index in [1.807, 2.05) is 60.0 Å². The predicted octanol–water partition coefficient (Wildman–Crippen LogP) is 5.50. The van der Waals surface area contributed by atoms with Crippen molar-refractivity contribution in [2.24, 2.45) is 0 Å². The van der Waals surface area contributed by atoms with E-state index >= 15 is 0 Å². The van der Waals surface area contributed by atoms with Crippen molar-refractivity contribution in [1.29, 1.82) is 0 Å². The fraction of sp³-hybridized carbons (Fsp3) is 0.0909. The number of carbonyl (C=O) groups is 1. The number of rotatable bonds is 6. The molecule has 0 aliphatic heterocycles. The van der Waals surface area contributed by atoms with Crippen LogP contribution in [0, 0.1) is 0 Å². The summed E-state index contributed by atoms with van der Waals surface area (Å²) < 4.78 is 7.49. The second-order valence-corrected chi connectivity index (χ2v) is 7.36. The Bertz CT molecular complexity index is 1110. The van der Waals surface area contributed by atoms with E-state index in [1.165, 1.54) is 0 Å². The van der Waals surface area contributed by atoms with E-state index in [1.54, 1.807) is 11.3 Å². The lowest BCUT2D eigenvalue weighted by molar-refractivity contribution is 0.111. The zero-order valence-electron chi connectivity index (χ0n) is 14.9. The number of thiazole rings is 1. The zero-order chi connectivity index (χ0) is 18.8. The van der Waals surface area contributed by atoms with Crippen LogP contribution < -0.4 is 4.74 Å². The average molecular weight is 374 g/mol. The van der Waals surface area contributed by atoms with Gasteiger partial charge in [0.15, 0.2) is 11.2 Å². The van der Waals surface area contributed by atoms with E-state index in [0.29, 0.717) is 18.0 Å². The molecule has 0 atom stereocenters. The Hall–Kier alpha value is -3.18. The molecule has 2 aromatic carbocycles. The molecular formula is C22H18N2O2S. The molecule has 4 nitrogen and oxygen atoms in total. The minimum Gasteiger partial charge on any atom is -0.489 e. The van der Waals surface area contributed by atoms with Crippen LogP contribution in [0.15, 0.2) is 72.9 Å². The molecule has 0 aliphatic rings. The summed E-state index contributed by atoms with van der Waals surface area (Å²) in [6.07, 6.45) is 2.84. The summed E-state index contributed by atoms with van der Waals surface area (Å²) in [5, 5.41) is 0. The van der Waals surface area contributed by atoms with Crippen LogP contribution in [0.25, 0.3) is 26.7 Å². The third kappa shape index (κ3) is 3.41. The van der Waals surface area contributed by atoms with Gasteiger partial charge < -0.3 is 4.74 Å². The SMILES string of the molecule is C=C(C)COc1ccc(-c2nc3sc(-c4ccccc4)cn3c2C=O)cc1. The molecule has 0 spiro atoms.